The number of carbonyl (C=O) groups is 2. The van der Waals surface area contributed by atoms with Crippen LogP contribution >= 0.6 is 0 Å². The number of nitrogens with one attached hydrogen (secondary N) is 1. The van der Waals surface area contributed by atoms with Gasteiger partial charge in [-0.1, -0.05) is 23.8 Å². The van der Waals surface area contributed by atoms with Gasteiger partial charge in [-0.25, -0.2) is 9.59 Å². The predicted octanol–water partition coefficient (Wildman–Crippen LogP) is 3.28. The second kappa shape index (κ2) is 7.99. The van der Waals surface area contributed by atoms with Crippen LogP contribution in [-0.4, -0.2) is 31.3 Å². The zero-order chi connectivity index (χ0) is 16.8. The Morgan fingerprint density at radius 1 is 1.48 bits per heavy atom. The van der Waals surface area contributed by atoms with Gasteiger partial charge >= 0.3 is 12.1 Å². The van der Waals surface area contributed by atoms with Gasteiger partial charge in [0.15, 0.2) is 0 Å². The van der Waals surface area contributed by atoms with E-state index in [1.807, 2.05) is 0 Å². The largest absolute Gasteiger partial charge is 0.454 e. The molecular formula is C18H25NO4. The molecule has 2 atom stereocenters. The van der Waals surface area contributed by atoms with E-state index in [0.717, 1.165) is 31.3 Å². The third kappa shape index (κ3) is 4.71. The highest BCUT2D eigenvalue weighted by atomic mass is 16.6. The van der Waals surface area contributed by atoms with Crippen LogP contribution in [-0.2, 0) is 14.3 Å². The second-order valence-corrected chi connectivity index (χ2v) is 6.03. The summed E-state index contributed by atoms with van der Waals surface area (Å²) in [6.07, 6.45) is 7.03. The summed E-state index contributed by atoms with van der Waals surface area (Å²) < 4.78 is 10.3. The first-order chi connectivity index (χ1) is 11.0. The first kappa shape index (κ1) is 17.3. The molecule has 5 nitrogen and oxygen atoms in total. The molecule has 1 aliphatic heterocycles. The Bertz CT molecular complexity index is 547. The highest BCUT2D eigenvalue weighted by Gasteiger charge is 2.37. The number of alkyl carbamates (subject to hydrolysis) is 1. The SMILES string of the molecule is C=C1C(=O)O[C@@H]2/C=C(\C)CC/C=C(/CNC(=O)OCC)CC[C@@H]12. The molecule has 0 aromatic heterocycles. The fourth-order valence-electron chi connectivity index (χ4n) is 2.96. The highest BCUT2D eigenvalue weighted by Crippen LogP contribution is 2.34. The van der Waals surface area contributed by atoms with Gasteiger partial charge in [-0.2, -0.15) is 0 Å². The van der Waals surface area contributed by atoms with Crippen molar-refractivity contribution in [1.29, 1.82) is 0 Å². The van der Waals surface area contributed by atoms with Gasteiger partial charge in [0.05, 0.1) is 6.61 Å². The van der Waals surface area contributed by atoms with E-state index in [9.17, 15) is 9.59 Å². The summed E-state index contributed by atoms with van der Waals surface area (Å²) in [5.41, 5.74) is 2.91. The fourth-order valence-corrected chi connectivity index (χ4v) is 2.96. The Morgan fingerprint density at radius 2 is 2.26 bits per heavy atom. The van der Waals surface area contributed by atoms with Crippen LogP contribution in [0.3, 0.4) is 0 Å². The van der Waals surface area contributed by atoms with E-state index in [1.54, 1.807) is 6.92 Å². The van der Waals surface area contributed by atoms with Crippen LogP contribution in [0.15, 0.2) is 35.5 Å². The Kier molecular flexibility index (Phi) is 6.02. The number of allylic oxidation sites excluding steroid dienone is 2. The summed E-state index contributed by atoms with van der Waals surface area (Å²) in [6, 6.07) is 0. The molecule has 1 heterocycles. The number of carbonyl (C=O) groups excluding carboxylic acids is 2. The summed E-state index contributed by atoms with van der Waals surface area (Å²) in [4.78, 5) is 23.2. The Balaban J connectivity index is 2.04. The van der Waals surface area contributed by atoms with E-state index >= 15 is 0 Å². The van der Waals surface area contributed by atoms with Crippen molar-refractivity contribution in [2.75, 3.05) is 13.2 Å². The van der Waals surface area contributed by atoms with Crippen molar-refractivity contribution in [3.8, 4) is 0 Å². The van der Waals surface area contributed by atoms with Crippen LogP contribution in [0, 0.1) is 5.92 Å². The molecule has 23 heavy (non-hydrogen) atoms. The molecule has 1 N–H and O–H groups in total. The molecule has 5 heteroatoms. The smallest absolute Gasteiger partial charge is 0.407 e. The zero-order valence-electron chi connectivity index (χ0n) is 13.9. The Hall–Kier alpha value is -2.04. The minimum Gasteiger partial charge on any atom is -0.454 e. The van der Waals surface area contributed by atoms with Gasteiger partial charge in [0.25, 0.3) is 0 Å². The highest BCUT2D eigenvalue weighted by molar-refractivity contribution is 5.91. The molecule has 1 fully saturated rings. The van der Waals surface area contributed by atoms with Crippen molar-refractivity contribution in [3.63, 3.8) is 0 Å². The molecule has 0 saturated carbocycles. The number of amides is 1. The third-order valence-electron chi connectivity index (χ3n) is 4.28. The lowest BCUT2D eigenvalue weighted by atomic mass is 9.88. The van der Waals surface area contributed by atoms with Crippen molar-refractivity contribution in [2.45, 2.75) is 45.6 Å². The number of hydrogen-bond donors (Lipinski definition) is 1. The molecular weight excluding hydrogens is 294 g/mol. The molecule has 2 rings (SSSR count). The maximum Gasteiger partial charge on any atom is 0.407 e. The van der Waals surface area contributed by atoms with Crippen molar-refractivity contribution >= 4 is 12.1 Å². The summed E-state index contributed by atoms with van der Waals surface area (Å²) in [6.45, 7) is 8.54. The number of ether oxygens (including phenoxy) is 2. The first-order valence-corrected chi connectivity index (χ1v) is 8.16. The molecule has 1 aliphatic carbocycles. The van der Waals surface area contributed by atoms with Gasteiger partial charge in [-0.15, -0.1) is 0 Å². The maximum absolute atomic E-state index is 11.8. The summed E-state index contributed by atoms with van der Waals surface area (Å²) in [5.74, 6) is -0.278. The molecule has 0 unspecified atom stereocenters. The van der Waals surface area contributed by atoms with Crippen LogP contribution in [0.2, 0.25) is 0 Å². The van der Waals surface area contributed by atoms with Gasteiger partial charge < -0.3 is 14.8 Å². The maximum atomic E-state index is 11.8. The number of esters is 1. The second-order valence-electron chi connectivity index (χ2n) is 6.03. The van der Waals surface area contributed by atoms with Crippen LogP contribution < -0.4 is 5.32 Å². The van der Waals surface area contributed by atoms with E-state index in [4.69, 9.17) is 9.47 Å². The lowest BCUT2D eigenvalue weighted by Crippen LogP contribution is -2.27. The molecule has 1 saturated heterocycles. The van der Waals surface area contributed by atoms with E-state index in [2.05, 4.69) is 31.0 Å². The average molecular weight is 319 g/mol. The zero-order valence-corrected chi connectivity index (χ0v) is 13.9. The van der Waals surface area contributed by atoms with E-state index in [1.165, 1.54) is 5.57 Å². The van der Waals surface area contributed by atoms with Gasteiger partial charge in [-0.05, 0) is 45.6 Å². The average Bonchev–Trinajstić information content (AvgIpc) is 2.76. The van der Waals surface area contributed by atoms with Gasteiger partial charge in [0.2, 0.25) is 0 Å². The predicted molar refractivity (Wildman–Crippen MR) is 87.8 cm³/mol. The van der Waals surface area contributed by atoms with E-state index in [-0.39, 0.29) is 18.0 Å². The van der Waals surface area contributed by atoms with Gasteiger partial charge in [0, 0.05) is 18.0 Å². The van der Waals surface area contributed by atoms with Crippen molar-refractivity contribution in [1.82, 2.24) is 5.32 Å². The molecule has 0 bridgehead atoms. The van der Waals surface area contributed by atoms with Crippen LogP contribution in [0.25, 0.3) is 0 Å². The van der Waals surface area contributed by atoms with Crippen LogP contribution in [0.4, 0.5) is 4.79 Å². The summed E-state index contributed by atoms with van der Waals surface area (Å²) in [7, 11) is 0. The molecule has 126 valence electrons. The molecule has 0 aromatic rings. The molecule has 2 aliphatic rings. The fraction of sp³-hybridized carbons (Fsp3) is 0.556. The van der Waals surface area contributed by atoms with E-state index < -0.39 is 6.09 Å². The Morgan fingerprint density at radius 3 is 3.00 bits per heavy atom. The molecule has 0 aromatic carbocycles. The molecule has 0 radical (unpaired) electrons. The van der Waals surface area contributed by atoms with E-state index in [0.29, 0.717) is 18.7 Å². The van der Waals surface area contributed by atoms with Crippen LogP contribution in [0.5, 0.6) is 0 Å². The normalized spacial score (nSPS) is 29.5. The van der Waals surface area contributed by atoms with Gasteiger partial charge in [-0.3, -0.25) is 0 Å². The number of hydrogen-bond acceptors (Lipinski definition) is 4. The minimum atomic E-state index is -0.400. The standard InChI is InChI=1S/C18H25NO4/c1-4-22-18(21)19-11-14-7-5-6-12(2)10-16-15(9-8-14)13(3)17(20)23-16/h7,10,15-16H,3-6,8-9,11H2,1-2H3,(H,19,21)/b12-10+,14-7+/t15-,16+/m0/s1. The lowest BCUT2D eigenvalue weighted by Gasteiger charge is -2.18. The monoisotopic (exact) mass is 319 g/mol. The van der Waals surface area contributed by atoms with Crippen molar-refractivity contribution in [3.05, 3.63) is 35.5 Å². The topological polar surface area (TPSA) is 64.6 Å². The molecule has 1 amide bonds. The van der Waals surface area contributed by atoms with Crippen LogP contribution in [0.1, 0.15) is 39.5 Å². The van der Waals surface area contributed by atoms with Crippen molar-refractivity contribution < 1.29 is 19.1 Å². The van der Waals surface area contributed by atoms with Gasteiger partial charge in [0.1, 0.15) is 6.10 Å². The quantitative estimate of drug-likeness (QED) is 0.492. The lowest BCUT2D eigenvalue weighted by molar-refractivity contribution is -0.137. The number of fused-ring (bicyclic) bond motifs is 1. The third-order valence-corrected chi connectivity index (χ3v) is 4.28. The minimum absolute atomic E-state index is 0.0153. The summed E-state index contributed by atoms with van der Waals surface area (Å²) >= 11 is 0. The summed E-state index contributed by atoms with van der Waals surface area (Å²) in [5, 5.41) is 2.76. The molecule has 0 spiro atoms. The number of rotatable bonds is 3. The first-order valence-electron chi connectivity index (χ1n) is 8.16. The Labute approximate surface area is 137 Å². The van der Waals surface area contributed by atoms with Crippen molar-refractivity contribution in [2.24, 2.45) is 5.92 Å².